The number of carbonyl (C=O) groups excluding carboxylic acids is 1. The number of aliphatic hydroxyl groups is 1. The van der Waals surface area contributed by atoms with Crippen molar-refractivity contribution in [3.05, 3.63) is 0 Å². The van der Waals surface area contributed by atoms with Crippen molar-refractivity contribution in [2.75, 3.05) is 0 Å². The predicted octanol–water partition coefficient (Wildman–Crippen LogP) is 1.30. The average Bonchev–Trinajstić information content (AvgIpc) is 2.84. The van der Waals surface area contributed by atoms with E-state index in [1.54, 1.807) is 0 Å². The van der Waals surface area contributed by atoms with Crippen LogP contribution in [0.2, 0.25) is 0 Å². The lowest BCUT2D eigenvalue weighted by atomic mass is 9.48. The van der Waals surface area contributed by atoms with Gasteiger partial charge in [0.25, 0.3) is 0 Å². The maximum absolute atomic E-state index is 12.8. The number of rotatable bonds is 0. The zero-order valence-corrected chi connectivity index (χ0v) is 12.0. The van der Waals surface area contributed by atoms with E-state index < -0.39 is 17.8 Å². The molecule has 2 bridgehead atoms. The summed E-state index contributed by atoms with van der Waals surface area (Å²) in [5.41, 5.74) is -1.69. The highest BCUT2D eigenvalue weighted by Crippen LogP contribution is 2.71. The van der Waals surface area contributed by atoms with Crippen LogP contribution in [0.3, 0.4) is 0 Å². The first-order valence-corrected chi connectivity index (χ1v) is 7.35. The summed E-state index contributed by atoms with van der Waals surface area (Å²) in [6.07, 6.45) is 0.279. The van der Waals surface area contributed by atoms with Gasteiger partial charge in [0, 0.05) is 11.3 Å². The van der Waals surface area contributed by atoms with E-state index >= 15 is 0 Å². The number of carbonyl (C=O) groups is 1. The maximum Gasteiger partial charge on any atom is 0.199 e. The largest absolute Gasteiger partial charge is 0.390 e. The van der Waals surface area contributed by atoms with E-state index in [1.165, 1.54) is 0 Å². The van der Waals surface area contributed by atoms with Crippen molar-refractivity contribution >= 4 is 5.78 Å². The molecule has 3 heterocycles. The molecule has 7 atom stereocenters. The smallest absolute Gasteiger partial charge is 0.199 e. The molecule has 1 N–H and O–H groups in total. The Bertz CT molecular complexity index is 473. The molecule has 1 aliphatic carbocycles. The standard InChI is InChI=1S/C15H22O4/c1-7-5-6-8(16)15-12(17)10-9(19-15)11(14(7,15)4)13(2,3)18-10/h7-11,16H,5-6H2,1-4H3/t7-,8-,9-,10-,11+,14-,15+/m0/s1. The molecule has 4 fully saturated rings. The molecular weight excluding hydrogens is 244 g/mol. The van der Waals surface area contributed by atoms with E-state index in [4.69, 9.17) is 9.47 Å². The van der Waals surface area contributed by atoms with Gasteiger partial charge < -0.3 is 14.6 Å². The first kappa shape index (κ1) is 12.3. The molecule has 0 unspecified atom stereocenters. The second-order valence-corrected chi connectivity index (χ2v) is 7.58. The third-order valence-electron chi connectivity index (χ3n) is 6.57. The van der Waals surface area contributed by atoms with Crippen molar-refractivity contribution in [2.45, 2.75) is 70.1 Å². The molecule has 0 radical (unpaired) electrons. The third-order valence-corrected chi connectivity index (χ3v) is 6.57. The van der Waals surface area contributed by atoms with Crippen molar-refractivity contribution in [2.24, 2.45) is 17.3 Å². The molecule has 1 spiro atoms. The molecule has 0 amide bonds. The lowest BCUT2D eigenvalue weighted by Gasteiger charge is -2.54. The molecule has 3 saturated heterocycles. The highest BCUT2D eigenvalue weighted by molar-refractivity contribution is 5.97. The van der Waals surface area contributed by atoms with Gasteiger partial charge in [0.2, 0.25) is 0 Å². The second-order valence-electron chi connectivity index (χ2n) is 7.58. The van der Waals surface area contributed by atoms with Gasteiger partial charge in [0.1, 0.15) is 6.10 Å². The topological polar surface area (TPSA) is 55.8 Å². The first-order valence-electron chi connectivity index (χ1n) is 7.35. The number of hydrogen-bond donors (Lipinski definition) is 1. The Kier molecular flexibility index (Phi) is 1.99. The van der Waals surface area contributed by atoms with Crippen LogP contribution in [0.5, 0.6) is 0 Å². The number of fused-ring (bicyclic) bond motifs is 1. The van der Waals surface area contributed by atoms with Crippen molar-refractivity contribution < 1.29 is 19.4 Å². The zero-order valence-electron chi connectivity index (χ0n) is 12.0. The fraction of sp³-hybridized carbons (Fsp3) is 0.933. The summed E-state index contributed by atoms with van der Waals surface area (Å²) in [6.45, 7) is 8.44. The van der Waals surface area contributed by atoms with E-state index in [0.29, 0.717) is 12.3 Å². The molecule has 3 aliphatic heterocycles. The molecule has 106 valence electrons. The van der Waals surface area contributed by atoms with Gasteiger partial charge in [-0.25, -0.2) is 0 Å². The van der Waals surface area contributed by atoms with Crippen molar-refractivity contribution in [3.63, 3.8) is 0 Å². The zero-order chi connectivity index (χ0) is 13.8. The highest BCUT2D eigenvalue weighted by Gasteiger charge is 2.84. The minimum Gasteiger partial charge on any atom is -0.390 e. The van der Waals surface area contributed by atoms with Crippen LogP contribution >= 0.6 is 0 Å². The molecule has 1 saturated carbocycles. The molecule has 0 aromatic carbocycles. The number of ketones is 1. The van der Waals surface area contributed by atoms with Crippen LogP contribution in [0.4, 0.5) is 0 Å². The lowest BCUT2D eigenvalue weighted by molar-refractivity contribution is -0.182. The van der Waals surface area contributed by atoms with Crippen LogP contribution < -0.4 is 0 Å². The number of hydrogen-bond acceptors (Lipinski definition) is 4. The van der Waals surface area contributed by atoms with Crippen LogP contribution in [0.15, 0.2) is 0 Å². The molecular formula is C15H22O4. The molecule has 4 aliphatic rings. The summed E-state index contributed by atoms with van der Waals surface area (Å²) in [5, 5.41) is 10.5. The molecule has 4 heteroatoms. The molecule has 4 nitrogen and oxygen atoms in total. The monoisotopic (exact) mass is 266 g/mol. The summed E-state index contributed by atoms with van der Waals surface area (Å²) >= 11 is 0. The van der Waals surface area contributed by atoms with Gasteiger partial charge in [-0.3, -0.25) is 4.79 Å². The van der Waals surface area contributed by atoms with Crippen LogP contribution in [0, 0.1) is 17.3 Å². The molecule has 0 aromatic rings. The Morgan fingerprint density at radius 1 is 1.21 bits per heavy atom. The Morgan fingerprint density at radius 3 is 2.58 bits per heavy atom. The van der Waals surface area contributed by atoms with Crippen molar-refractivity contribution in [1.29, 1.82) is 0 Å². The van der Waals surface area contributed by atoms with Crippen molar-refractivity contribution in [3.8, 4) is 0 Å². The number of ether oxygens (including phenoxy) is 2. The van der Waals surface area contributed by atoms with E-state index in [0.717, 1.165) is 6.42 Å². The Labute approximate surface area is 113 Å². The normalized spacial score (nSPS) is 61.5. The van der Waals surface area contributed by atoms with Gasteiger partial charge in [-0.05, 0) is 32.6 Å². The van der Waals surface area contributed by atoms with Crippen LogP contribution in [0.1, 0.15) is 40.5 Å². The van der Waals surface area contributed by atoms with Gasteiger partial charge >= 0.3 is 0 Å². The Hall–Kier alpha value is -0.450. The summed E-state index contributed by atoms with van der Waals surface area (Å²) < 4.78 is 12.2. The number of Topliss-reactive ketones (excluding diaryl/α,β-unsaturated/α-hetero) is 1. The highest BCUT2D eigenvalue weighted by atomic mass is 16.6. The Morgan fingerprint density at radius 2 is 1.89 bits per heavy atom. The summed E-state index contributed by atoms with van der Waals surface area (Å²) in [5.74, 6) is 0.533. The minimum absolute atomic E-state index is 0.0131. The molecule has 0 aromatic heterocycles. The van der Waals surface area contributed by atoms with Gasteiger partial charge in [0.05, 0.1) is 17.8 Å². The molecule has 4 rings (SSSR count). The van der Waals surface area contributed by atoms with Crippen molar-refractivity contribution in [1.82, 2.24) is 0 Å². The van der Waals surface area contributed by atoms with Gasteiger partial charge in [-0.2, -0.15) is 0 Å². The van der Waals surface area contributed by atoms with Gasteiger partial charge in [0.15, 0.2) is 11.4 Å². The summed E-state index contributed by atoms with van der Waals surface area (Å²) in [6, 6.07) is 0. The van der Waals surface area contributed by atoms with Gasteiger partial charge in [-0.15, -0.1) is 0 Å². The fourth-order valence-electron chi connectivity index (χ4n) is 5.73. The second kappa shape index (κ2) is 3.07. The van der Waals surface area contributed by atoms with E-state index in [-0.39, 0.29) is 28.8 Å². The van der Waals surface area contributed by atoms with E-state index in [2.05, 4.69) is 27.7 Å². The molecule has 19 heavy (non-hydrogen) atoms. The maximum atomic E-state index is 12.8. The van der Waals surface area contributed by atoms with Crippen LogP contribution in [-0.4, -0.2) is 40.4 Å². The summed E-state index contributed by atoms with van der Waals surface area (Å²) in [4.78, 5) is 12.8. The van der Waals surface area contributed by atoms with Gasteiger partial charge in [-0.1, -0.05) is 13.8 Å². The Balaban J connectivity index is 1.97. The summed E-state index contributed by atoms with van der Waals surface area (Å²) in [7, 11) is 0. The quantitative estimate of drug-likeness (QED) is 0.718. The predicted molar refractivity (Wildman–Crippen MR) is 67.6 cm³/mol. The van der Waals surface area contributed by atoms with Crippen LogP contribution in [-0.2, 0) is 14.3 Å². The van der Waals surface area contributed by atoms with E-state index in [1.807, 2.05) is 0 Å². The SMILES string of the molecule is C[C@H]1CC[C@H](O)[C@]23O[C@H]4[C@H](OC(C)(C)[C@@H]4[C@]12C)C3=O. The lowest BCUT2D eigenvalue weighted by Crippen LogP contribution is -2.66. The fourth-order valence-corrected chi connectivity index (χ4v) is 5.73. The third kappa shape index (κ3) is 0.988. The van der Waals surface area contributed by atoms with E-state index in [9.17, 15) is 9.90 Å². The first-order chi connectivity index (χ1) is 8.77. The van der Waals surface area contributed by atoms with Crippen LogP contribution in [0.25, 0.3) is 0 Å². The average molecular weight is 266 g/mol. The number of aliphatic hydroxyl groups excluding tert-OH is 1. The minimum atomic E-state index is -1.02.